The lowest BCUT2D eigenvalue weighted by atomic mass is 9.55. The Bertz CT molecular complexity index is 979. The molecule has 198 valence electrons. The van der Waals surface area contributed by atoms with Crippen molar-refractivity contribution in [1.82, 2.24) is 0 Å². The van der Waals surface area contributed by atoms with E-state index in [1.165, 1.54) is 64.2 Å². The van der Waals surface area contributed by atoms with Gasteiger partial charge in [-0.2, -0.15) is 0 Å². The van der Waals surface area contributed by atoms with Crippen LogP contribution >= 0.6 is 0 Å². The average molecular weight is 505 g/mol. The predicted octanol–water partition coefficient (Wildman–Crippen LogP) is 5.90. The number of benzene rings is 1. The standard InChI is InChI=1S/C32H40O5/c1-35-26-4-2-21(3-5-26)27-16-32(27,30(33)36-28-22-8-17-6-18(10-22)11-23(28)9-17)31(34)37-29-24-12-19-7-20(14-24)15-25(29)13-19/h2-5,17-20,22-25,27-29H,6-16H2,1H3. The van der Waals surface area contributed by atoms with Gasteiger partial charge in [0.1, 0.15) is 18.0 Å². The summed E-state index contributed by atoms with van der Waals surface area (Å²) in [5, 5.41) is 0. The second-order valence-corrected chi connectivity index (χ2v) is 14.1. The Morgan fingerprint density at radius 1 is 0.649 bits per heavy atom. The van der Waals surface area contributed by atoms with E-state index < -0.39 is 5.41 Å². The summed E-state index contributed by atoms with van der Waals surface area (Å²) in [5.41, 5.74) is -0.178. The van der Waals surface area contributed by atoms with Crippen molar-refractivity contribution in [3.63, 3.8) is 0 Å². The van der Waals surface area contributed by atoms with Crippen LogP contribution in [0.5, 0.6) is 5.75 Å². The van der Waals surface area contributed by atoms with Crippen LogP contribution in [0.1, 0.15) is 82.1 Å². The molecule has 0 saturated heterocycles. The van der Waals surface area contributed by atoms with Gasteiger partial charge in [-0.1, -0.05) is 12.1 Å². The Kier molecular flexibility index (Phi) is 5.09. The van der Waals surface area contributed by atoms with E-state index in [1.807, 2.05) is 24.3 Å². The van der Waals surface area contributed by atoms with Crippen molar-refractivity contribution in [2.45, 2.75) is 88.8 Å². The first-order valence-electron chi connectivity index (χ1n) is 15.1. The fraction of sp³-hybridized carbons (Fsp3) is 0.750. The lowest BCUT2D eigenvalue weighted by Gasteiger charge is -2.54. The Morgan fingerprint density at radius 2 is 1.05 bits per heavy atom. The molecule has 0 aliphatic heterocycles. The molecule has 9 fully saturated rings. The number of esters is 2. The third-order valence-electron chi connectivity index (χ3n) is 12.0. The summed E-state index contributed by atoms with van der Waals surface area (Å²) in [4.78, 5) is 28.1. The highest BCUT2D eigenvalue weighted by Crippen LogP contribution is 2.63. The number of carbonyl (C=O) groups is 2. The van der Waals surface area contributed by atoms with Gasteiger partial charge in [-0.25, -0.2) is 0 Å². The van der Waals surface area contributed by atoms with E-state index in [4.69, 9.17) is 14.2 Å². The van der Waals surface area contributed by atoms with Crippen molar-refractivity contribution in [3.8, 4) is 5.75 Å². The minimum absolute atomic E-state index is 0.0109. The van der Waals surface area contributed by atoms with Crippen LogP contribution < -0.4 is 4.74 Å². The molecule has 0 aromatic heterocycles. The molecule has 0 amide bonds. The van der Waals surface area contributed by atoms with Gasteiger partial charge < -0.3 is 14.2 Å². The maximum atomic E-state index is 14.1. The number of hydrogen-bond acceptors (Lipinski definition) is 5. The minimum Gasteiger partial charge on any atom is -0.497 e. The Labute approximate surface area is 220 Å². The van der Waals surface area contributed by atoms with E-state index in [9.17, 15) is 9.59 Å². The zero-order valence-corrected chi connectivity index (χ0v) is 22.0. The molecule has 0 radical (unpaired) electrons. The smallest absolute Gasteiger partial charge is 0.324 e. The van der Waals surface area contributed by atoms with E-state index in [0.717, 1.165) is 35.0 Å². The topological polar surface area (TPSA) is 61.8 Å². The van der Waals surface area contributed by atoms with Gasteiger partial charge in [-0.15, -0.1) is 0 Å². The summed E-state index contributed by atoms with van der Waals surface area (Å²) in [5.74, 6) is 5.21. The third-order valence-corrected chi connectivity index (χ3v) is 12.0. The summed E-state index contributed by atoms with van der Waals surface area (Å²) in [7, 11) is 1.65. The van der Waals surface area contributed by atoms with Gasteiger partial charge in [0.15, 0.2) is 5.41 Å². The van der Waals surface area contributed by atoms with Crippen molar-refractivity contribution in [1.29, 1.82) is 0 Å². The lowest BCUT2D eigenvalue weighted by molar-refractivity contribution is -0.191. The molecular weight excluding hydrogens is 464 g/mol. The first-order chi connectivity index (χ1) is 18.0. The molecule has 1 aromatic rings. The van der Waals surface area contributed by atoms with Crippen LogP contribution in [0.3, 0.4) is 0 Å². The Balaban J connectivity index is 1.05. The quantitative estimate of drug-likeness (QED) is 0.356. The highest BCUT2D eigenvalue weighted by molar-refractivity contribution is 6.05. The van der Waals surface area contributed by atoms with Crippen molar-refractivity contribution < 1.29 is 23.8 Å². The molecule has 1 atom stereocenters. The molecule has 1 unspecified atom stereocenters. The number of hydrogen-bond donors (Lipinski definition) is 0. The molecule has 9 saturated carbocycles. The highest BCUT2D eigenvalue weighted by atomic mass is 16.6. The van der Waals surface area contributed by atoms with Crippen LogP contribution in [-0.4, -0.2) is 31.3 Å². The van der Waals surface area contributed by atoms with Crippen molar-refractivity contribution in [2.24, 2.45) is 52.8 Å². The summed E-state index contributed by atoms with van der Waals surface area (Å²) in [6.07, 6.45) is 12.8. The maximum absolute atomic E-state index is 14.1. The van der Waals surface area contributed by atoms with Gasteiger partial charge in [0.2, 0.25) is 0 Å². The van der Waals surface area contributed by atoms with Crippen molar-refractivity contribution >= 4 is 11.9 Å². The fourth-order valence-electron chi connectivity index (χ4n) is 10.6. The summed E-state index contributed by atoms with van der Waals surface area (Å²) < 4.78 is 18.2. The van der Waals surface area contributed by atoms with Gasteiger partial charge in [-0.05, 0) is 136 Å². The van der Waals surface area contributed by atoms with E-state index in [-0.39, 0.29) is 30.1 Å². The van der Waals surface area contributed by atoms with Crippen LogP contribution in [0.2, 0.25) is 0 Å². The van der Waals surface area contributed by atoms with E-state index >= 15 is 0 Å². The molecular formula is C32H40O5. The maximum Gasteiger partial charge on any atom is 0.324 e. The molecule has 9 aliphatic carbocycles. The average Bonchev–Trinajstić information content (AvgIpc) is 3.65. The molecule has 0 heterocycles. The summed E-state index contributed by atoms with van der Waals surface area (Å²) in [6.45, 7) is 0. The molecule has 9 aliphatic rings. The van der Waals surface area contributed by atoms with Crippen LogP contribution in [0.15, 0.2) is 24.3 Å². The van der Waals surface area contributed by atoms with Crippen LogP contribution in [0.25, 0.3) is 0 Å². The summed E-state index contributed by atoms with van der Waals surface area (Å²) in [6, 6.07) is 7.84. The first kappa shape index (κ1) is 22.9. The van der Waals surface area contributed by atoms with Gasteiger partial charge in [0, 0.05) is 5.92 Å². The second kappa shape index (κ2) is 8.23. The predicted molar refractivity (Wildman–Crippen MR) is 137 cm³/mol. The van der Waals surface area contributed by atoms with Crippen molar-refractivity contribution in [3.05, 3.63) is 29.8 Å². The highest BCUT2D eigenvalue weighted by Gasteiger charge is 2.70. The van der Waals surface area contributed by atoms with E-state index in [1.54, 1.807) is 7.11 Å². The van der Waals surface area contributed by atoms with Gasteiger partial charge >= 0.3 is 11.9 Å². The number of rotatable bonds is 6. The Morgan fingerprint density at radius 3 is 1.43 bits per heavy atom. The van der Waals surface area contributed by atoms with E-state index in [2.05, 4.69) is 0 Å². The largest absolute Gasteiger partial charge is 0.497 e. The molecule has 37 heavy (non-hydrogen) atoms. The molecule has 0 N–H and O–H groups in total. The number of carbonyl (C=O) groups excluding carboxylic acids is 2. The van der Waals surface area contributed by atoms with Gasteiger partial charge in [-0.3, -0.25) is 9.59 Å². The fourth-order valence-corrected chi connectivity index (χ4v) is 10.6. The van der Waals surface area contributed by atoms with Gasteiger partial charge in [0.05, 0.1) is 7.11 Å². The van der Waals surface area contributed by atoms with E-state index in [0.29, 0.717) is 30.1 Å². The normalized spacial score (nSPS) is 48.1. The van der Waals surface area contributed by atoms with Gasteiger partial charge in [0.25, 0.3) is 0 Å². The molecule has 5 heteroatoms. The zero-order chi connectivity index (χ0) is 24.9. The number of methoxy groups -OCH3 is 1. The molecule has 8 bridgehead atoms. The van der Waals surface area contributed by atoms with Crippen LogP contribution in [0.4, 0.5) is 0 Å². The first-order valence-corrected chi connectivity index (χ1v) is 15.1. The molecule has 10 rings (SSSR count). The number of ether oxygens (including phenoxy) is 3. The second-order valence-electron chi connectivity index (χ2n) is 14.1. The minimum atomic E-state index is -1.18. The molecule has 5 nitrogen and oxygen atoms in total. The molecule has 1 aromatic carbocycles. The monoisotopic (exact) mass is 504 g/mol. The molecule has 0 spiro atoms. The van der Waals surface area contributed by atoms with Crippen LogP contribution in [-0.2, 0) is 19.1 Å². The van der Waals surface area contributed by atoms with Crippen LogP contribution in [0, 0.1) is 52.8 Å². The summed E-state index contributed by atoms with van der Waals surface area (Å²) >= 11 is 0. The lowest BCUT2D eigenvalue weighted by Crippen LogP contribution is -2.52. The third kappa shape index (κ3) is 3.54. The SMILES string of the molecule is COc1ccc(C2CC2(C(=O)OC2C3CC4CC(C3)CC2C4)C(=O)OC2C3CC4CC(C3)CC2C4)cc1. The van der Waals surface area contributed by atoms with Crippen molar-refractivity contribution in [2.75, 3.05) is 7.11 Å². The Hall–Kier alpha value is -2.04. The zero-order valence-electron chi connectivity index (χ0n) is 22.0.